The van der Waals surface area contributed by atoms with Gasteiger partial charge in [-0.25, -0.2) is 0 Å². The summed E-state index contributed by atoms with van der Waals surface area (Å²) in [4.78, 5) is 0. The van der Waals surface area contributed by atoms with E-state index in [0.29, 0.717) is 0 Å². The van der Waals surface area contributed by atoms with Crippen molar-refractivity contribution >= 4 is 18.1 Å². The highest BCUT2D eigenvalue weighted by Crippen LogP contribution is 2.26. The smallest absolute Gasteiger partial charge is 0.215 e. The SMILES string of the molecule is COPOc1ccc(OPOC)cc1. The van der Waals surface area contributed by atoms with Crippen LogP contribution in [0.25, 0.3) is 0 Å². The first kappa shape index (κ1) is 11.7. The van der Waals surface area contributed by atoms with Gasteiger partial charge in [0.05, 0.1) is 0 Å². The van der Waals surface area contributed by atoms with Gasteiger partial charge in [-0.3, -0.25) is 0 Å². The number of rotatable bonds is 6. The van der Waals surface area contributed by atoms with Crippen LogP contribution in [0.1, 0.15) is 0 Å². The van der Waals surface area contributed by atoms with Crippen molar-refractivity contribution < 1.29 is 18.1 Å². The summed E-state index contributed by atoms with van der Waals surface area (Å²) in [6, 6.07) is 7.28. The van der Waals surface area contributed by atoms with Crippen LogP contribution in [0.5, 0.6) is 11.5 Å². The Balaban J connectivity index is 2.42. The highest BCUT2D eigenvalue weighted by Gasteiger charge is 1.95. The lowest BCUT2D eigenvalue weighted by Crippen LogP contribution is -1.81. The van der Waals surface area contributed by atoms with Crippen LogP contribution >= 0.6 is 18.1 Å². The summed E-state index contributed by atoms with van der Waals surface area (Å²) in [6.45, 7) is 0. The maximum atomic E-state index is 5.24. The number of hydrogen-bond acceptors (Lipinski definition) is 4. The standard InChI is InChI=1S/C8H12O4P2/c1-9-13-11-7-3-5-8(6-4-7)12-14-10-2/h3-6,13-14H,1-2H3. The van der Waals surface area contributed by atoms with Crippen LogP contribution in [-0.2, 0) is 9.05 Å². The quantitative estimate of drug-likeness (QED) is 0.709. The first-order valence-corrected chi connectivity index (χ1v) is 5.50. The molecule has 0 spiro atoms. The normalized spacial score (nSPS) is 11.6. The van der Waals surface area contributed by atoms with Crippen molar-refractivity contribution in [2.75, 3.05) is 14.2 Å². The fourth-order valence-electron chi connectivity index (χ4n) is 0.755. The molecule has 1 rings (SSSR count). The monoisotopic (exact) mass is 234 g/mol. The largest absolute Gasteiger partial charge is 0.450 e. The fourth-order valence-corrected chi connectivity index (χ4v) is 1.39. The summed E-state index contributed by atoms with van der Waals surface area (Å²) >= 11 is 0. The molecule has 6 heteroatoms. The molecular weight excluding hydrogens is 222 g/mol. The van der Waals surface area contributed by atoms with Crippen LogP contribution in [0.4, 0.5) is 0 Å². The Hall–Kier alpha value is -0.400. The second kappa shape index (κ2) is 6.97. The van der Waals surface area contributed by atoms with Crippen molar-refractivity contribution in [2.45, 2.75) is 0 Å². The molecule has 0 aliphatic carbocycles. The van der Waals surface area contributed by atoms with Gasteiger partial charge in [0.15, 0.2) is 0 Å². The van der Waals surface area contributed by atoms with Crippen molar-refractivity contribution in [3.05, 3.63) is 24.3 Å². The molecule has 0 saturated heterocycles. The molecular formula is C8H12O4P2. The molecule has 0 fully saturated rings. The third-order valence-electron chi connectivity index (χ3n) is 1.31. The van der Waals surface area contributed by atoms with Gasteiger partial charge in [-0.2, -0.15) is 0 Å². The molecule has 0 aliphatic rings. The molecule has 2 unspecified atom stereocenters. The molecule has 0 heterocycles. The van der Waals surface area contributed by atoms with Crippen LogP contribution in [0.2, 0.25) is 0 Å². The van der Waals surface area contributed by atoms with E-state index in [1.165, 1.54) is 0 Å². The van der Waals surface area contributed by atoms with Gasteiger partial charge in [-0.05, 0) is 24.3 Å². The fraction of sp³-hybridized carbons (Fsp3) is 0.250. The van der Waals surface area contributed by atoms with E-state index in [1.54, 1.807) is 14.2 Å². The van der Waals surface area contributed by atoms with Crippen LogP contribution in [0, 0.1) is 0 Å². The van der Waals surface area contributed by atoms with Crippen molar-refractivity contribution in [3.8, 4) is 11.5 Å². The second-order valence-corrected chi connectivity index (χ2v) is 3.81. The zero-order chi connectivity index (χ0) is 10.2. The third-order valence-corrected chi connectivity index (χ3v) is 2.28. The average molecular weight is 234 g/mol. The zero-order valence-corrected chi connectivity index (χ0v) is 9.94. The molecule has 1 aromatic rings. The maximum absolute atomic E-state index is 5.24. The summed E-state index contributed by atoms with van der Waals surface area (Å²) in [5.74, 6) is 1.52. The molecule has 4 nitrogen and oxygen atoms in total. The van der Waals surface area contributed by atoms with Gasteiger partial charge >= 0.3 is 0 Å². The average Bonchev–Trinajstić information content (AvgIpc) is 2.25. The molecule has 2 atom stereocenters. The van der Waals surface area contributed by atoms with Crippen molar-refractivity contribution in [1.82, 2.24) is 0 Å². The Morgan fingerprint density at radius 2 is 1.14 bits per heavy atom. The van der Waals surface area contributed by atoms with E-state index in [9.17, 15) is 0 Å². The Labute approximate surface area is 86.8 Å². The first-order chi connectivity index (χ1) is 6.86. The van der Waals surface area contributed by atoms with Crippen LogP contribution in [0.3, 0.4) is 0 Å². The first-order valence-electron chi connectivity index (χ1n) is 3.86. The van der Waals surface area contributed by atoms with E-state index in [2.05, 4.69) is 0 Å². The van der Waals surface area contributed by atoms with E-state index in [-0.39, 0.29) is 18.1 Å². The number of benzene rings is 1. The van der Waals surface area contributed by atoms with Crippen molar-refractivity contribution in [2.24, 2.45) is 0 Å². The Bertz CT molecular complexity index is 225. The third kappa shape index (κ3) is 4.21. The minimum absolute atomic E-state index is 0.0263. The molecule has 0 aromatic heterocycles. The zero-order valence-electron chi connectivity index (χ0n) is 7.94. The molecule has 1 aromatic carbocycles. The minimum atomic E-state index is 0.0263. The van der Waals surface area contributed by atoms with Crippen LogP contribution in [0.15, 0.2) is 24.3 Å². The van der Waals surface area contributed by atoms with E-state index < -0.39 is 0 Å². The van der Waals surface area contributed by atoms with Gasteiger partial charge in [0.1, 0.15) is 11.5 Å². The summed E-state index contributed by atoms with van der Waals surface area (Å²) in [7, 11) is 3.24. The van der Waals surface area contributed by atoms with Gasteiger partial charge in [0.25, 0.3) is 0 Å². The molecule has 0 aliphatic heterocycles. The van der Waals surface area contributed by atoms with E-state index >= 15 is 0 Å². The van der Waals surface area contributed by atoms with Gasteiger partial charge < -0.3 is 18.1 Å². The van der Waals surface area contributed by atoms with Gasteiger partial charge in [-0.15, -0.1) is 0 Å². The van der Waals surface area contributed by atoms with Gasteiger partial charge in [-0.1, -0.05) is 0 Å². The molecule has 0 N–H and O–H groups in total. The number of hydrogen-bond donors (Lipinski definition) is 0. The lowest BCUT2D eigenvalue weighted by Gasteiger charge is -2.05. The van der Waals surface area contributed by atoms with E-state index in [1.807, 2.05) is 24.3 Å². The van der Waals surface area contributed by atoms with E-state index in [4.69, 9.17) is 18.1 Å². The summed E-state index contributed by atoms with van der Waals surface area (Å²) in [6.07, 6.45) is 0. The van der Waals surface area contributed by atoms with Gasteiger partial charge in [0, 0.05) is 14.2 Å². The predicted octanol–water partition coefficient (Wildman–Crippen LogP) is 2.75. The Morgan fingerprint density at radius 1 is 0.786 bits per heavy atom. The molecule has 14 heavy (non-hydrogen) atoms. The second-order valence-electron chi connectivity index (χ2n) is 2.25. The van der Waals surface area contributed by atoms with Crippen molar-refractivity contribution in [3.63, 3.8) is 0 Å². The van der Waals surface area contributed by atoms with Crippen LogP contribution < -0.4 is 9.05 Å². The summed E-state index contributed by atoms with van der Waals surface area (Å²) in [5, 5.41) is 0. The molecule has 0 bridgehead atoms. The summed E-state index contributed by atoms with van der Waals surface area (Å²) in [5.41, 5.74) is 0. The topological polar surface area (TPSA) is 36.9 Å². The molecule has 0 saturated carbocycles. The van der Waals surface area contributed by atoms with Gasteiger partial charge in [0.2, 0.25) is 18.1 Å². The maximum Gasteiger partial charge on any atom is 0.215 e. The predicted molar refractivity (Wildman–Crippen MR) is 58.3 cm³/mol. The minimum Gasteiger partial charge on any atom is -0.450 e. The summed E-state index contributed by atoms with van der Waals surface area (Å²) < 4.78 is 20.1. The Kier molecular flexibility index (Phi) is 5.81. The molecule has 78 valence electrons. The molecule has 0 amide bonds. The molecule has 0 radical (unpaired) electrons. The lowest BCUT2D eigenvalue weighted by molar-refractivity contribution is 0.413. The lowest BCUT2D eigenvalue weighted by atomic mass is 10.3. The Morgan fingerprint density at radius 3 is 1.43 bits per heavy atom. The van der Waals surface area contributed by atoms with Crippen LogP contribution in [-0.4, -0.2) is 14.2 Å². The van der Waals surface area contributed by atoms with Crippen molar-refractivity contribution in [1.29, 1.82) is 0 Å². The van der Waals surface area contributed by atoms with E-state index in [0.717, 1.165) is 11.5 Å². The highest BCUT2D eigenvalue weighted by atomic mass is 31.1. The highest BCUT2D eigenvalue weighted by molar-refractivity contribution is 7.26.